The fourth-order valence-electron chi connectivity index (χ4n) is 3.60. The van der Waals surface area contributed by atoms with Crippen LogP contribution in [0.2, 0.25) is 5.02 Å². The van der Waals surface area contributed by atoms with E-state index < -0.39 is 0 Å². The van der Waals surface area contributed by atoms with E-state index in [1.807, 2.05) is 6.07 Å². The minimum absolute atomic E-state index is 0.0637. The van der Waals surface area contributed by atoms with Crippen LogP contribution in [-0.2, 0) is 11.2 Å². The first kappa shape index (κ1) is 19.9. The number of hydrogen-bond donors (Lipinski definition) is 1. The van der Waals surface area contributed by atoms with Gasteiger partial charge in [-0.2, -0.15) is 0 Å². The number of nitrogens with zero attached hydrogens (tertiary/aromatic N) is 2. The zero-order valence-corrected chi connectivity index (χ0v) is 17.7. The molecule has 0 radical (unpaired) electrons. The molecule has 0 saturated carbocycles. The van der Waals surface area contributed by atoms with Crippen LogP contribution in [-0.4, -0.2) is 34.8 Å². The number of rotatable bonds is 4. The number of thiazole rings is 1. The van der Waals surface area contributed by atoms with Crippen molar-refractivity contribution in [1.82, 2.24) is 9.88 Å². The molecule has 1 atom stereocenters. The van der Waals surface area contributed by atoms with Gasteiger partial charge in [-0.3, -0.25) is 9.59 Å². The Morgan fingerprint density at radius 2 is 2.03 bits per heavy atom. The Morgan fingerprint density at radius 1 is 1.24 bits per heavy atom. The molecule has 2 amide bonds. The van der Waals surface area contributed by atoms with Crippen LogP contribution < -0.4 is 5.32 Å². The molecule has 150 valence electrons. The van der Waals surface area contributed by atoms with Gasteiger partial charge >= 0.3 is 0 Å². The predicted molar refractivity (Wildman–Crippen MR) is 118 cm³/mol. The molecule has 7 heteroatoms. The molecule has 0 spiro atoms. The van der Waals surface area contributed by atoms with Crippen LogP contribution in [0.25, 0.3) is 10.2 Å². The van der Waals surface area contributed by atoms with Crippen LogP contribution in [0.5, 0.6) is 0 Å². The first-order valence-electron chi connectivity index (χ1n) is 9.78. The second-order valence-electron chi connectivity index (χ2n) is 7.26. The standard InChI is InChI=1S/C22H22ClN3O2S/c1-2-14-5-10-18-19(12-14)29-22(24-18)25-20(27)16-4-3-11-26(13-16)21(28)15-6-8-17(23)9-7-15/h5-10,12,16H,2-4,11,13H2,1H3,(H,24,25,27)/t16-/m1/s1. The van der Waals surface area contributed by atoms with Gasteiger partial charge in [0.25, 0.3) is 5.91 Å². The summed E-state index contributed by atoms with van der Waals surface area (Å²) in [5.41, 5.74) is 2.74. The number of anilines is 1. The first-order chi connectivity index (χ1) is 14.0. The summed E-state index contributed by atoms with van der Waals surface area (Å²) in [5.74, 6) is -0.377. The Balaban J connectivity index is 1.43. The van der Waals surface area contributed by atoms with Crippen LogP contribution in [0.4, 0.5) is 5.13 Å². The normalized spacial score (nSPS) is 16.8. The maximum atomic E-state index is 12.8. The van der Waals surface area contributed by atoms with E-state index in [2.05, 4.69) is 29.4 Å². The number of nitrogens with one attached hydrogen (secondary N) is 1. The lowest BCUT2D eigenvalue weighted by atomic mass is 9.96. The molecule has 0 aliphatic carbocycles. The minimum atomic E-state index is -0.238. The van der Waals surface area contributed by atoms with E-state index in [1.165, 1.54) is 16.9 Å². The molecule has 1 aliphatic heterocycles. The van der Waals surface area contributed by atoms with Crippen molar-refractivity contribution in [2.24, 2.45) is 5.92 Å². The molecule has 1 saturated heterocycles. The van der Waals surface area contributed by atoms with E-state index in [0.29, 0.717) is 28.8 Å². The highest BCUT2D eigenvalue weighted by Gasteiger charge is 2.29. The molecule has 29 heavy (non-hydrogen) atoms. The molecular weight excluding hydrogens is 406 g/mol. The number of aryl methyl sites for hydroxylation is 1. The number of benzene rings is 2. The van der Waals surface area contributed by atoms with Crippen molar-refractivity contribution >= 4 is 50.1 Å². The van der Waals surface area contributed by atoms with Crippen LogP contribution in [0.3, 0.4) is 0 Å². The number of piperidine rings is 1. The summed E-state index contributed by atoms with van der Waals surface area (Å²) in [4.78, 5) is 31.9. The summed E-state index contributed by atoms with van der Waals surface area (Å²) in [7, 11) is 0. The van der Waals surface area contributed by atoms with Gasteiger partial charge in [0.15, 0.2) is 5.13 Å². The highest BCUT2D eigenvalue weighted by atomic mass is 35.5. The summed E-state index contributed by atoms with van der Waals surface area (Å²) >= 11 is 7.40. The SMILES string of the molecule is CCc1ccc2nc(NC(=O)[C@@H]3CCCN(C(=O)c4ccc(Cl)cc4)C3)sc2c1. The molecule has 4 rings (SSSR count). The number of aromatic nitrogens is 1. The number of amides is 2. The monoisotopic (exact) mass is 427 g/mol. The van der Waals surface area contributed by atoms with E-state index in [1.54, 1.807) is 29.2 Å². The summed E-state index contributed by atoms with van der Waals surface area (Å²) in [6, 6.07) is 13.0. The second-order valence-corrected chi connectivity index (χ2v) is 8.73. The highest BCUT2D eigenvalue weighted by molar-refractivity contribution is 7.22. The summed E-state index contributed by atoms with van der Waals surface area (Å²) in [5, 5.41) is 4.17. The van der Waals surface area contributed by atoms with E-state index in [9.17, 15) is 9.59 Å². The number of likely N-dealkylation sites (tertiary alicyclic amines) is 1. The Hall–Kier alpha value is -2.44. The van der Waals surface area contributed by atoms with Gasteiger partial charge in [-0.25, -0.2) is 4.98 Å². The fourth-order valence-corrected chi connectivity index (χ4v) is 4.66. The molecule has 1 N–H and O–H groups in total. The zero-order valence-electron chi connectivity index (χ0n) is 16.2. The highest BCUT2D eigenvalue weighted by Crippen LogP contribution is 2.28. The van der Waals surface area contributed by atoms with Crippen LogP contribution in [0.1, 0.15) is 35.7 Å². The van der Waals surface area contributed by atoms with E-state index in [0.717, 1.165) is 29.5 Å². The third kappa shape index (κ3) is 4.43. The van der Waals surface area contributed by atoms with Crippen LogP contribution >= 0.6 is 22.9 Å². The van der Waals surface area contributed by atoms with Gasteiger partial charge in [-0.1, -0.05) is 35.9 Å². The van der Waals surface area contributed by atoms with Gasteiger partial charge in [-0.15, -0.1) is 0 Å². The summed E-state index contributed by atoms with van der Waals surface area (Å²) in [6.07, 6.45) is 2.54. The van der Waals surface area contributed by atoms with Gasteiger partial charge in [0.1, 0.15) is 0 Å². The predicted octanol–water partition coefficient (Wildman–Crippen LogP) is 5.00. The van der Waals surface area contributed by atoms with Crippen molar-refractivity contribution in [1.29, 1.82) is 0 Å². The van der Waals surface area contributed by atoms with Crippen molar-refractivity contribution in [3.8, 4) is 0 Å². The molecule has 2 aromatic carbocycles. The van der Waals surface area contributed by atoms with Crippen molar-refractivity contribution in [2.75, 3.05) is 18.4 Å². The van der Waals surface area contributed by atoms with Gasteiger partial charge in [0.05, 0.1) is 16.1 Å². The second kappa shape index (κ2) is 8.51. The molecule has 1 aliphatic rings. The molecule has 1 fully saturated rings. The third-order valence-corrected chi connectivity index (χ3v) is 6.45. The topological polar surface area (TPSA) is 62.3 Å². The van der Waals surface area contributed by atoms with Gasteiger partial charge in [0.2, 0.25) is 5.91 Å². The quantitative estimate of drug-likeness (QED) is 0.637. The lowest BCUT2D eigenvalue weighted by Gasteiger charge is -2.32. The Morgan fingerprint density at radius 3 is 2.79 bits per heavy atom. The number of halogens is 1. The maximum absolute atomic E-state index is 12.8. The number of carbonyl (C=O) groups excluding carboxylic acids is 2. The van der Waals surface area contributed by atoms with Crippen molar-refractivity contribution < 1.29 is 9.59 Å². The average molecular weight is 428 g/mol. The minimum Gasteiger partial charge on any atom is -0.338 e. The van der Waals surface area contributed by atoms with E-state index in [-0.39, 0.29) is 17.7 Å². The first-order valence-corrected chi connectivity index (χ1v) is 11.0. The van der Waals surface area contributed by atoms with Gasteiger partial charge in [0, 0.05) is 23.7 Å². The zero-order chi connectivity index (χ0) is 20.4. The van der Waals surface area contributed by atoms with Crippen LogP contribution in [0.15, 0.2) is 42.5 Å². The summed E-state index contributed by atoms with van der Waals surface area (Å²) < 4.78 is 1.07. The van der Waals surface area contributed by atoms with Crippen molar-refractivity contribution in [2.45, 2.75) is 26.2 Å². The lowest BCUT2D eigenvalue weighted by Crippen LogP contribution is -2.43. The van der Waals surface area contributed by atoms with Gasteiger partial charge in [-0.05, 0) is 61.2 Å². The molecule has 0 unspecified atom stereocenters. The number of hydrogen-bond acceptors (Lipinski definition) is 4. The van der Waals surface area contributed by atoms with E-state index in [4.69, 9.17) is 11.6 Å². The Bertz CT molecular complexity index is 1050. The summed E-state index contributed by atoms with van der Waals surface area (Å²) in [6.45, 7) is 3.19. The lowest BCUT2D eigenvalue weighted by molar-refractivity contribution is -0.121. The molecule has 0 bridgehead atoms. The fraction of sp³-hybridized carbons (Fsp3) is 0.318. The third-order valence-electron chi connectivity index (χ3n) is 5.26. The molecular formula is C22H22ClN3O2S. The smallest absolute Gasteiger partial charge is 0.253 e. The molecule has 2 heterocycles. The van der Waals surface area contributed by atoms with Gasteiger partial charge < -0.3 is 10.2 Å². The maximum Gasteiger partial charge on any atom is 0.253 e. The van der Waals surface area contributed by atoms with E-state index >= 15 is 0 Å². The molecule has 1 aromatic heterocycles. The number of fused-ring (bicyclic) bond motifs is 1. The molecule has 5 nitrogen and oxygen atoms in total. The van der Waals surface area contributed by atoms with Crippen LogP contribution in [0, 0.1) is 5.92 Å². The molecule has 3 aromatic rings. The Kier molecular flexibility index (Phi) is 5.83. The average Bonchev–Trinajstić information content (AvgIpc) is 3.15. The number of carbonyl (C=O) groups is 2. The largest absolute Gasteiger partial charge is 0.338 e. The van der Waals surface area contributed by atoms with Crippen molar-refractivity contribution in [3.05, 3.63) is 58.6 Å². The van der Waals surface area contributed by atoms with Crippen molar-refractivity contribution in [3.63, 3.8) is 0 Å². The Labute approximate surface area is 178 Å².